The Kier molecular flexibility index (Phi) is 5.30. The van der Waals surface area contributed by atoms with Crippen LogP contribution in [0.5, 0.6) is 0 Å². The first-order chi connectivity index (χ1) is 7.08. The largest absolute Gasteiger partial charge is 0.522 e. The highest BCUT2D eigenvalue weighted by atomic mass is 19.4. The molecule has 1 aliphatic rings. The quantitative estimate of drug-likeness (QED) is 0.698. The second-order valence-corrected chi connectivity index (χ2v) is 3.07. The summed E-state index contributed by atoms with van der Waals surface area (Å²) in [4.78, 5) is 0. The molecular weight excluding hydrogens is 215 g/mol. The predicted molar refractivity (Wildman–Crippen MR) is 45.4 cm³/mol. The van der Waals surface area contributed by atoms with Gasteiger partial charge in [-0.05, 0) is 0 Å². The number of hydrogen-bond acceptors (Lipinski definition) is 4. The molecule has 4 nitrogen and oxygen atoms in total. The Morgan fingerprint density at radius 1 is 1.33 bits per heavy atom. The minimum Gasteiger partial charge on any atom is -0.376 e. The summed E-state index contributed by atoms with van der Waals surface area (Å²) in [7, 11) is 0. The van der Waals surface area contributed by atoms with Gasteiger partial charge >= 0.3 is 6.36 Å². The van der Waals surface area contributed by atoms with Gasteiger partial charge in [-0.1, -0.05) is 0 Å². The molecule has 1 N–H and O–H groups in total. The van der Waals surface area contributed by atoms with Gasteiger partial charge in [-0.25, -0.2) is 0 Å². The van der Waals surface area contributed by atoms with E-state index in [2.05, 4.69) is 10.1 Å². The van der Waals surface area contributed by atoms with Gasteiger partial charge < -0.3 is 14.8 Å². The predicted octanol–water partition coefficient (Wildman–Crippen LogP) is 0.528. The molecule has 1 unspecified atom stereocenters. The summed E-state index contributed by atoms with van der Waals surface area (Å²) in [6.07, 6.45) is -4.63. The lowest BCUT2D eigenvalue weighted by atomic mass is 10.3. The monoisotopic (exact) mass is 229 g/mol. The van der Waals surface area contributed by atoms with Crippen molar-refractivity contribution < 1.29 is 27.4 Å². The van der Waals surface area contributed by atoms with E-state index in [-0.39, 0.29) is 12.6 Å². The maximum atomic E-state index is 11.5. The number of ether oxygens (including phenoxy) is 3. The summed E-state index contributed by atoms with van der Waals surface area (Å²) < 4.78 is 48.6. The van der Waals surface area contributed by atoms with Crippen LogP contribution in [0.3, 0.4) is 0 Å². The van der Waals surface area contributed by atoms with Gasteiger partial charge in [0.15, 0.2) is 0 Å². The molecule has 1 fully saturated rings. The van der Waals surface area contributed by atoms with Gasteiger partial charge in [0.25, 0.3) is 0 Å². The van der Waals surface area contributed by atoms with Crippen molar-refractivity contribution in [2.45, 2.75) is 12.5 Å². The highest BCUT2D eigenvalue weighted by Crippen LogP contribution is 2.15. The molecular formula is C8H14F3NO3. The molecule has 0 amide bonds. The average Bonchev–Trinajstić information content (AvgIpc) is 2.17. The van der Waals surface area contributed by atoms with Crippen LogP contribution in [-0.4, -0.2) is 52.0 Å². The molecule has 1 aliphatic heterocycles. The lowest BCUT2D eigenvalue weighted by molar-refractivity contribution is -0.323. The van der Waals surface area contributed by atoms with Gasteiger partial charge in [0.1, 0.15) is 0 Å². The Morgan fingerprint density at radius 2 is 2.13 bits per heavy atom. The summed E-state index contributed by atoms with van der Waals surface area (Å²) in [6, 6.07) is 0. The van der Waals surface area contributed by atoms with E-state index in [0.29, 0.717) is 26.4 Å². The van der Waals surface area contributed by atoms with Crippen molar-refractivity contribution in [3.63, 3.8) is 0 Å². The fraction of sp³-hybridized carbons (Fsp3) is 1.00. The topological polar surface area (TPSA) is 39.7 Å². The molecule has 0 aromatic heterocycles. The third-order valence-electron chi connectivity index (χ3n) is 1.80. The molecule has 0 spiro atoms. The highest BCUT2D eigenvalue weighted by molar-refractivity contribution is 4.63. The molecule has 0 aliphatic carbocycles. The van der Waals surface area contributed by atoms with Crippen LogP contribution in [0.1, 0.15) is 0 Å². The molecule has 0 aromatic carbocycles. The van der Waals surface area contributed by atoms with Crippen LogP contribution in [0.25, 0.3) is 0 Å². The van der Waals surface area contributed by atoms with Crippen LogP contribution in [0, 0.1) is 0 Å². The summed E-state index contributed by atoms with van der Waals surface area (Å²) in [6.45, 7) is 1.81. The molecule has 0 bridgehead atoms. The maximum absolute atomic E-state index is 11.5. The number of nitrogens with one attached hydrogen (secondary N) is 1. The van der Waals surface area contributed by atoms with Crippen molar-refractivity contribution in [2.75, 3.05) is 39.5 Å². The van der Waals surface area contributed by atoms with E-state index in [1.54, 1.807) is 0 Å². The Labute approximate surface area is 85.7 Å². The average molecular weight is 229 g/mol. The van der Waals surface area contributed by atoms with Crippen molar-refractivity contribution in [1.82, 2.24) is 5.32 Å². The van der Waals surface area contributed by atoms with Gasteiger partial charge in [-0.2, -0.15) is 0 Å². The van der Waals surface area contributed by atoms with E-state index < -0.39 is 13.0 Å². The van der Waals surface area contributed by atoms with Gasteiger partial charge in [0.05, 0.1) is 32.5 Å². The Bertz CT molecular complexity index is 171. The Hall–Kier alpha value is -0.370. The van der Waals surface area contributed by atoms with Gasteiger partial charge in [0.2, 0.25) is 0 Å². The van der Waals surface area contributed by atoms with Crippen molar-refractivity contribution in [1.29, 1.82) is 0 Å². The molecule has 7 heteroatoms. The number of halogens is 3. The molecule has 1 rings (SSSR count). The van der Waals surface area contributed by atoms with Crippen molar-refractivity contribution in [2.24, 2.45) is 0 Å². The summed E-state index contributed by atoms with van der Waals surface area (Å²) in [5.41, 5.74) is 0. The number of hydrogen-bond donors (Lipinski definition) is 1. The lowest BCUT2D eigenvalue weighted by Crippen LogP contribution is -2.38. The molecule has 0 radical (unpaired) electrons. The third kappa shape index (κ3) is 6.67. The fourth-order valence-corrected chi connectivity index (χ4v) is 1.16. The smallest absolute Gasteiger partial charge is 0.376 e. The van der Waals surface area contributed by atoms with E-state index in [9.17, 15) is 13.2 Å². The number of rotatable bonds is 5. The van der Waals surface area contributed by atoms with Crippen LogP contribution in [0.15, 0.2) is 0 Å². The summed E-state index contributed by atoms with van der Waals surface area (Å²) in [5, 5.41) is 2.80. The van der Waals surface area contributed by atoms with Crippen molar-refractivity contribution in [3.8, 4) is 0 Å². The zero-order valence-corrected chi connectivity index (χ0v) is 8.18. The van der Waals surface area contributed by atoms with Crippen molar-refractivity contribution in [3.05, 3.63) is 0 Å². The minimum atomic E-state index is -4.55. The molecule has 1 saturated heterocycles. The molecule has 1 heterocycles. The standard InChI is InChI=1S/C8H14F3NO3/c9-8(10,11)15-2-1-12-5-7-6-13-3-4-14-7/h7,12H,1-6H2. The zero-order chi connectivity index (χ0) is 11.1. The lowest BCUT2D eigenvalue weighted by Gasteiger charge is -2.23. The summed E-state index contributed by atoms with van der Waals surface area (Å²) in [5.74, 6) is 0. The SMILES string of the molecule is FC(F)(F)OCCNCC1COCCO1. The second-order valence-electron chi connectivity index (χ2n) is 3.07. The first-order valence-corrected chi connectivity index (χ1v) is 4.69. The maximum Gasteiger partial charge on any atom is 0.522 e. The molecule has 0 saturated carbocycles. The molecule has 0 aromatic rings. The van der Waals surface area contributed by atoms with Crippen LogP contribution in [0.2, 0.25) is 0 Å². The Balaban J connectivity index is 1.92. The fourth-order valence-electron chi connectivity index (χ4n) is 1.16. The van der Waals surface area contributed by atoms with Gasteiger partial charge in [0, 0.05) is 13.1 Å². The van der Waals surface area contributed by atoms with E-state index in [0.717, 1.165) is 0 Å². The highest BCUT2D eigenvalue weighted by Gasteiger charge is 2.28. The van der Waals surface area contributed by atoms with Crippen LogP contribution >= 0.6 is 0 Å². The number of alkyl halides is 3. The normalized spacial score (nSPS) is 23.0. The van der Waals surface area contributed by atoms with Crippen LogP contribution in [-0.2, 0) is 14.2 Å². The van der Waals surface area contributed by atoms with Gasteiger partial charge in [-0.3, -0.25) is 4.74 Å². The van der Waals surface area contributed by atoms with E-state index in [1.165, 1.54) is 0 Å². The first-order valence-electron chi connectivity index (χ1n) is 4.69. The van der Waals surface area contributed by atoms with E-state index >= 15 is 0 Å². The molecule has 1 atom stereocenters. The summed E-state index contributed by atoms with van der Waals surface area (Å²) >= 11 is 0. The second kappa shape index (κ2) is 6.26. The molecule has 15 heavy (non-hydrogen) atoms. The van der Waals surface area contributed by atoms with Crippen LogP contribution in [0.4, 0.5) is 13.2 Å². The van der Waals surface area contributed by atoms with Crippen molar-refractivity contribution >= 4 is 0 Å². The van der Waals surface area contributed by atoms with E-state index in [4.69, 9.17) is 9.47 Å². The zero-order valence-electron chi connectivity index (χ0n) is 8.18. The molecule has 90 valence electrons. The van der Waals surface area contributed by atoms with Gasteiger partial charge in [-0.15, -0.1) is 13.2 Å². The third-order valence-corrected chi connectivity index (χ3v) is 1.80. The van der Waals surface area contributed by atoms with Crippen LogP contribution < -0.4 is 5.32 Å². The first kappa shape index (κ1) is 12.7. The van der Waals surface area contributed by atoms with E-state index in [1.807, 2.05) is 0 Å². The minimum absolute atomic E-state index is 0.0790. The Morgan fingerprint density at radius 3 is 2.73 bits per heavy atom.